The first-order valence-corrected chi connectivity index (χ1v) is 11.2. The third kappa shape index (κ3) is 5.20. The Morgan fingerprint density at radius 1 is 1.07 bits per heavy atom. The Bertz CT molecular complexity index is 831. The number of amides is 1. The second-order valence-electron chi connectivity index (χ2n) is 8.99. The summed E-state index contributed by atoms with van der Waals surface area (Å²) in [5.74, 6) is 0.931. The summed E-state index contributed by atoms with van der Waals surface area (Å²) in [5, 5.41) is 0. The number of pyridine rings is 1. The lowest BCUT2D eigenvalue weighted by Gasteiger charge is -2.44. The van der Waals surface area contributed by atoms with Crippen LogP contribution in [-0.4, -0.2) is 54.0 Å². The Morgan fingerprint density at radius 3 is 2.70 bits per heavy atom. The summed E-state index contributed by atoms with van der Waals surface area (Å²) >= 11 is 0. The fourth-order valence-corrected chi connectivity index (χ4v) is 4.93. The monoisotopic (exact) mass is 407 g/mol. The molecule has 2 aromatic rings. The zero-order valence-corrected chi connectivity index (χ0v) is 18.1. The molecule has 4 rings (SSSR count). The fraction of sp³-hybridized carbons (Fsp3) is 0.520. The highest BCUT2D eigenvalue weighted by atomic mass is 16.5. The Balaban J connectivity index is 1.41. The van der Waals surface area contributed by atoms with Gasteiger partial charge in [-0.25, -0.2) is 0 Å². The van der Waals surface area contributed by atoms with Crippen molar-refractivity contribution >= 4 is 5.91 Å². The molecular weight excluding hydrogens is 374 g/mol. The van der Waals surface area contributed by atoms with E-state index >= 15 is 0 Å². The van der Waals surface area contributed by atoms with Crippen LogP contribution in [0.5, 0.6) is 5.75 Å². The van der Waals surface area contributed by atoms with E-state index in [1.807, 2.05) is 42.5 Å². The maximum absolute atomic E-state index is 12.8. The molecule has 3 heterocycles. The number of likely N-dealkylation sites (tertiary alicyclic amines) is 1. The SMILES string of the molecule is CN1CC2(CCCCc3ccccc3OCC1=O)CCN(Cc1cccnc1)CC2. The lowest BCUT2D eigenvalue weighted by molar-refractivity contribution is -0.134. The summed E-state index contributed by atoms with van der Waals surface area (Å²) < 4.78 is 5.90. The Labute approximate surface area is 180 Å². The maximum Gasteiger partial charge on any atom is 0.260 e. The summed E-state index contributed by atoms with van der Waals surface area (Å²) in [6, 6.07) is 12.3. The van der Waals surface area contributed by atoms with Crippen molar-refractivity contribution in [3.05, 3.63) is 59.9 Å². The van der Waals surface area contributed by atoms with Crippen LogP contribution >= 0.6 is 0 Å². The number of piperidine rings is 1. The number of carbonyl (C=O) groups is 1. The molecule has 1 fully saturated rings. The van der Waals surface area contributed by atoms with E-state index in [2.05, 4.69) is 28.1 Å². The Morgan fingerprint density at radius 2 is 1.90 bits per heavy atom. The van der Waals surface area contributed by atoms with E-state index in [1.54, 1.807) is 0 Å². The molecule has 160 valence electrons. The summed E-state index contributed by atoms with van der Waals surface area (Å²) in [6.45, 7) is 4.07. The molecule has 0 bridgehead atoms. The summed E-state index contributed by atoms with van der Waals surface area (Å²) in [7, 11) is 1.94. The minimum absolute atomic E-state index is 0.0718. The molecule has 0 radical (unpaired) electrons. The highest BCUT2D eigenvalue weighted by Crippen LogP contribution is 2.38. The number of hydrogen-bond acceptors (Lipinski definition) is 4. The topological polar surface area (TPSA) is 45.7 Å². The van der Waals surface area contributed by atoms with Crippen molar-refractivity contribution in [2.24, 2.45) is 5.41 Å². The maximum atomic E-state index is 12.8. The lowest BCUT2D eigenvalue weighted by Crippen LogP contribution is -2.47. The third-order valence-corrected chi connectivity index (χ3v) is 6.77. The van der Waals surface area contributed by atoms with E-state index in [9.17, 15) is 4.79 Å². The van der Waals surface area contributed by atoms with Gasteiger partial charge in [0.05, 0.1) is 0 Å². The summed E-state index contributed by atoms with van der Waals surface area (Å²) in [6.07, 6.45) is 10.6. The average Bonchev–Trinajstić information content (AvgIpc) is 2.77. The van der Waals surface area contributed by atoms with Gasteiger partial charge in [-0.1, -0.05) is 30.7 Å². The number of carbonyl (C=O) groups excluding carboxylic acids is 1. The van der Waals surface area contributed by atoms with Crippen LogP contribution in [0, 0.1) is 5.41 Å². The Kier molecular flexibility index (Phi) is 6.68. The van der Waals surface area contributed by atoms with Gasteiger partial charge >= 0.3 is 0 Å². The van der Waals surface area contributed by atoms with Crippen LogP contribution < -0.4 is 4.74 Å². The van der Waals surface area contributed by atoms with Gasteiger partial charge in [0.25, 0.3) is 5.91 Å². The first kappa shape index (κ1) is 20.9. The molecule has 1 aromatic carbocycles. The zero-order valence-electron chi connectivity index (χ0n) is 18.1. The lowest BCUT2D eigenvalue weighted by atomic mass is 9.73. The van der Waals surface area contributed by atoms with E-state index in [0.717, 1.165) is 51.2 Å². The van der Waals surface area contributed by atoms with E-state index in [4.69, 9.17) is 4.74 Å². The van der Waals surface area contributed by atoms with Crippen molar-refractivity contribution in [1.29, 1.82) is 0 Å². The minimum atomic E-state index is 0.0718. The van der Waals surface area contributed by atoms with Crippen LogP contribution in [0.25, 0.3) is 0 Å². The molecule has 1 saturated heterocycles. The predicted octanol–water partition coefficient (Wildman–Crippen LogP) is 3.93. The zero-order chi connectivity index (χ0) is 20.8. The number of ether oxygens (including phenoxy) is 1. The van der Waals surface area contributed by atoms with Crippen molar-refractivity contribution in [1.82, 2.24) is 14.8 Å². The molecule has 30 heavy (non-hydrogen) atoms. The van der Waals surface area contributed by atoms with E-state index in [0.29, 0.717) is 0 Å². The van der Waals surface area contributed by atoms with Gasteiger partial charge in [-0.3, -0.25) is 14.7 Å². The number of hydrogen-bond donors (Lipinski definition) is 0. The number of rotatable bonds is 2. The van der Waals surface area contributed by atoms with Gasteiger partial charge in [0.2, 0.25) is 0 Å². The number of aromatic nitrogens is 1. The van der Waals surface area contributed by atoms with Crippen molar-refractivity contribution in [2.45, 2.75) is 45.1 Å². The van der Waals surface area contributed by atoms with Crippen LogP contribution in [0.3, 0.4) is 0 Å². The van der Waals surface area contributed by atoms with Gasteiger partial charge in [0, 0.05) is 32.5 Å². The largest absolute Gasteiger partial charge is 0.483 e. The van der Waals surface area contributed by atoms with Crippen molar-refractivity contribution in [3.8, 4) is 5.75 Å². The minimum Gasteiger partial charge on any atom is -0.483 e. The van der Waals surface area contributed by atoms with Gasteiger partial charge in [0.15, 0.2) is 6.61 Å². The average molecular weight is 408 g/mol. The number of nitrogens with zero attached hydrogens (tertiary/aromatic N) is 3. The number of likely N-dealkylation sites (N-methyl/N-ethyl adjacent to an activating group) is 1. The predicted molar refractivity (Wildman–Crippen MR) is 118 cm³/mol. The molecule has 5 nitrogen and oxygen atoms in total. The molecule has 0 N–H and O–H groups in total. The van der Waals surface area contributed by atoms with Crippen LogP contribution in [0.1, 0.15) is 43.2 Å². The number of para-hydroxylation sites is 1. The molecule has 1 amide bonds. The van der Waals surface area contributed by atoms with Gasteiger partial charge in [-0.05, 0) is 73.9 Å². The smallest absolute Gasteiger partial charge is 0.260 e. The number of benzene rings is 1. The molecule has 2 aliphatic rings. The van der Waals surface area contributed by atoms with E-state index < -0.39 is 0 Å². The molecule has 0 unspecified atom stereocenters. The van der Waals surface area contributed by atoms with Gasteiger partial charge in [-0.2, -0.15) is 0 Å². The molecule has 0 aliphatic carbocycles. The highest BCUT2D eigenvalue weighted by Gasteiger charge is 2.36. The molecule has 0 atom stereocenters. The van der Waals surface area contributed by atoms with Gasteiger partial charge in [0.1, 0.15) is 5.75 Å². The summed E-state index contributed by atoms with van der Waals surface area (Å²) in [4.78, 5) is 21.4. The van der Waals surface area contributed by atoms with E-state index in [-0.39, 0.29) is 17.9 Å². The van der Waals surface area contributed by atoms with Gasteiger partial charge < -0.3 is 9.64 Å². The van der Waals surface area contributed by atoms with Gasteiger partial charge in [-0.15, -0.1) is 0 Å². The number of fused-ring (bicyclic) bond motifs is 1. The third-order valence-electron chi connectivity index (χ3n) is 6.77. The standard InChI is InChI=1S/C25H33N3O2/c1-27-20-25(12-15-28(16-13-25)18-21-7-6-14-26-17-21)11-5-4-9-22-8-2-3-10-23(22)30-19-24(27)29/h2-3,6-8,10,14,17H,4-5,9,11-13,15-16,18-20H2,1H3. The van der Waals surface area contributed by atoms with Crippen LogP contribution in [0.2, 0.25) is 0 Å². The molecule has 1 spiro atoms. The molecule has 5 heteroatoms. The fourth-order valence-electron chi connectivity index (χ4n) is 4.93. The highest BCUT2D eigenvalue weighted by molar-refractivity contribution is 5.77. The van der Waals surface area contributed by atoms with Crippen molar-refractivity contribution in [3.63, 3.8) is 0 Å². The van der Waals surface area contributed by atoms with Crippen LogP contribution in [0.4, 0.5) is 0 Å². The molecule has 0 saturated carbocycles. The second kappa shape index (κ2) is 9.61. The second-order valence-corrected chi connectivity index (χ2v) is 8.99. The van der Waals surface area contributed by atoms with Crippen molar-refractivity contribution < 1.29 is 9.53 Å². The van der Waals surface area contributed by atoms with Crippen LogP contribution in [-0.2, 0) is 17.8 Å². The number of aryl methyl sites for hydroxylation is 1. The van der Waals surface area contributed by atoms with Crippen LogP contribution in [0.15, 0.2) is 48.8 Å². The first-order valence-electron chi connectivity index (χ1n) is 11.2. The Hall–Kier alpha value is -2.40. The quantitative estimate of drug-likeness (QED) is 0.757. The van der Waals surface area contributed by atoms with Crippen molar-refractivity contribution in [2.75, 3.05) is 33.3 Å². The molecular formula is C25H33N3O2. The summed E-state index contributed by atoms with van der Waals surface area (Å²) in [5.41, 5.74) is 2.71. The molecule has 2 aliphatic heterocycles. The van der Waals surface area contributed by atoms with E-state index in [1.165, 1.54) is 30.4 Å². The normalized spacial score (nSPS) is 20.7. The molecule has 1 aromatic heterocycles. The first-order chi connectivity index (χ1) is 14.6.